The second kappa shape index (κ2) is 3.68. The van der Waals surface area contributed by atoms with E-state index in [4.69, 9.17) is 5.11 Å². The smallest absolute Gasteiger partial charge is 0.136 e. The van der Waals surface area contributed by atoms with Gasteiger partial charge in [0.2, 0.25) is 0 Å². The summed E-state index contributed by atoms with van der Waals surface area (Å²) in [6, 6.07) is 0.0304. The molecule has 0 aliphatic carbocycles. The van der Waals surface area contributed by atoms with E-state index in [0.717, 1.165) is 25.7 Å². The van der Waals surface area contributed by atoms with Crippen LogP contribution in [-0.2, 0) is 4.79 Å². The summed E-state index contributed by atoms with van der Waals surface area (Å²) in [4.78, 5) is 10.2. The lowest BCUT2D eigenvalue weighted by Crippen LogP contribution is -2.40. The zero-order valence-electron chi connectivity index (χ0n) is 5.92. The summed E-state index contributed by atoms with van der Waals surface area (Å²) in [5.74, 6) is 0.358. The number of carbonyl (C=O) groups is 1. The Morgan fingerprint density at radius 2 is 2.40 bits per heavy atom. The number of piperidine rings is 1. The zero-order valence-corrected chi connectivity index (χ0v) is 5.92. The quantitative estimate of drug-likeness (QED) is 0.514. The highest BCUT2D eigenvalue weighted by molar-refractivity contribution is 5.57. The second-order valence-electron chi connectivity index (χ2n) is 2.78. The first kappa shape index (κ1) is 7.69. The maximum absolute atomic E-state index is 10.2. The molecule has 1 aliphatic rings. The van der Waals surface area contributed by atoms with E-state index in [-0.39, 0.29) is 12.6 Å². The number of carbonyl (C=O) groups excluding carboxylic acids is 1. The number of hydrogen-bond donors (Lipinski definition) is 2. The molecular weight excluding hydrogens is 130 g/mol. The molecule has 0 aromatic heterocycles. The number of rotatable bonds is 2. The van der Waals surface area contributed by atoms with E-state index in [1.54, 1.807) is 0 Å². The Morgan fingerprint density at radius 1 is 1.60 bits per heavy atom. The van der Waals surface area contributed by atoms with E-state index in [1.165, 1.54) is 0 Å². The first-order valence-electron chi connectivity index (χ1n) is 3.66. The van der Waals surface area contributed by atoms with Gasteiger partial charge in [0.05, 0.1) is 6.04 Å². The van der Waals surface area contributed by atoms with Gasteiger partial charge in [-0.3, -0.25) is 0 Å². The van der Waals surface area contributed by atoms with Crippen LogP contribution in [-0.4, -0.2) is 30.6 Å². The summed E-state index contributed by atoms with van der Waals surface area (Å²) >= 11 is 0. The molecule has 2 N–H and O–H groups in total. The lowest BCUT2D eigenvalue weighted by Gasteiger charge is -2.24. The van der Waals surface area contributed by atoms with Gasteiger partial charge in [0.1, 0.15) is 6.29 Å². The largest absolute Gasteiger partial charge is 0.396 e. The van der Waals surface area contributed by atoms with Gasteiger partial charge in [-0.1, -0.05) is 0 Å². The van der Waals surface area contributed by atoms with Crippen LogP contribution < -0.4 is 5.32 Å². The molecule has 0 spiro atoms. The van der Waals surface area contributed by atoms with Crippen molar-refractivity contribution in [3.05, 3.63) is 0 Å². The molecule has 0 radical (unpaired) electrons. The topological polar surface area (TPSA) is 49.3 Å². The van der Waals surface area contributed by atoms with Crippen LogP contribution in [0.3, 0.4) is 0 Å². The molecule has 1 heterocycles. The van der Waals surface area contributed by atoms with Gasteiger partial charge in [0.25, 0.3) is 0 Å². The molecule has 2 atom stereocenters. The Bertz CT molecular complexity index is 108. The molecule has 0 aromatic carbocycles. The molecule has 1 aliphatic heterocycles. The monoisotopic (exact) mass is 143 g/mol. The van der Waals surface area contributed by atoms with E-state index in [2.05, 4.69) is 5.32 Å². The van der Waals surface area contributed by atoms with Gasteiger partial charge in [-0.05, 0) is 18.8 Å². The minimum absolute atomic E-state index is 0.0304. The molecule has 1 rings (SSSR count). The van der Waals surface area contributed by atoms with Gasteiger partial charge in [-0.2, -0.15) is 0 Å². The number of aliphatic hydroxyl groups is 1. The Balaban J connectivity index is 2.23. The summed E-state index contributed by atoms with van der Waals surface area (Å²) < 4.78 is 0. The SMILES string of the molecule is O=CC1CCC(CO)CN1. The fraction of sp³-hybridized carbons (Fsp3) is 0.857. The maximum atomic E-state index is 10.2. The van der Waals surface area contributed by atoms with Crippen LogP contribution in [0.1, 0.15) is 12.8 Å². The fourth-order valence-electron chi connectivity index (χ4n) is 1.21. The van der Waals surface area contributed by atoms with Crippen molar-refractivity contribution in [1.82, 2.24) is 5.32 Å². The van der Waals surface area contributed by atoms with Crippen LogP contribution >= 0.6 is 0 Å². The van der Waals surface area contributed by atoms with Crippen LogP contribution in [0.25, 0.3) is 0 Å². The third kappa shape index (κ3) is 1.78. The number of nitrogens with one attached hydrogen (secondary N) is 1. The molecule has 0 saturated carbocycles. The Morgan fingerprint density at radius 3 is 2.80 bits per heavy atom. The Labute approximate surface area is 60.4 Å². The molecule has 1 fully saturated rings. The van der Waals surface area contributed by atoms with Crippen molar-refractivity contribution >= 4 is 6.29 Å². The molecule has 0 amide bonds. The first-order chi connectivity index (χ1) is 4.86. The maximum Gasteiger partial charge on any atom is 0.136 e. The van der Waals surface area contributed by atoms with Gasteiger partial charge in [0.15, 0.2) is 0 Å². The highest BCUT2D eigenvalue weighted by atomic mass is 16.3. The highest BCUT2D eigenvalue weighted by Gasteiger charge is 2.18. The Kier molecular flexibility index (Phi) is 2.83. The molecule has 3 heteroatoms. The van der Waals surface area contributed by atoms with E-state index in [9.17, 15) is 4.79 Å². The standard InChI is InChI=1S/C7H13NO2/c9-4-6-1-2-7(5-10)8-3-6/h5-9H,1-4H2. The van der Waals surface area contributed by atoms with Crippen molar-refractivity contribution in [3.63, 3.8) is 0 Å². The van der Waals surface area contributed by atoms with Gasteiger partial charge >= 0.3 is 0 Å². The van der Waals surface area contributed by atoms with Crippen LogP contribution in [0.5, 0.6) is 0 Å². The summed E-state index contributed by atoms with van der Waals surface area (Å²) in [5.41, 5.74) is 0. The average molecular weight is 143 g/mol. The third-order valence-electron chi connectivity index (χ3n) is 1.98. The number of aldehydes is 1. The van der Waals surface area contributed by atoms with Crippen LogP contribution in [0.2, 0.25) is 0 Å². The molecule has 0 aromatic rings. The summed E-state index contributed by atoms with van der Waals surface area (Å²) in [6.07, 6.45) is 2.77. The number of aliphatic hydroxyl groups excluding tert-OH is 1. The normalized spacial score (nSPS) is 33.7. The van der Waals surface area contributed by atoms with Crippen molar-refractivity contribution in [1.29, 1.82) is 0 Å². The average Bonchev–Trinajstić information content (AvgIpc) is 2.05. The van der Waals surface area contributed by atoms with Crippen LogP contribution in [0, 0.1) is 5.92 Å². The molecule has 10 heavy (non-hydrogen) atoms. The Hall–Kier alpha value is -0.410. The highest BCUT2D eigenvalue weighted by Crippen LogP contribution is 2.11. The van der Waals surface area contributed by atoms with Gasteiger partial charge < -0.3 is 15.2 Å². The minimum Gasteiger partial charge on any atom is -0.396 e. The van der Waals surface area contributed by atoms with E-state index in [0.29, 0.717) is 5.92 Å². The van der Waals surface area contributed by atoms with Crippen molar-refractivity contribution in [2.75, 3.05) is 13.2 Å². The minimum atomic E-state index is 0.0304. The molecule has 2 unspecified atom stereocenters. The third-order valence-corrected chi connectivity index (χ3v) is 1.98. The molecule has 1 saturated heterocycles. The summed E-state index contributed by atoms with van der Waals surface area (Å²) in [6.45, 7) is 1.01. The summed E-state index contributed by atoms with van der Waals surface area (Å²) in [5, 5.41) is 11.8. The van der Waals surface area contributed by atoms with E-state index >= 15 is 0 Å². The molecule has 58 valence electrons. The van der Waals surface area contributed by atoms with Gasteiger partial charge in [-0.15, -0.1) is 0 Å². The van der Waals surface area contributed by atoms with Crippen LogP contribution in [0.15, 0.2) is 0 Å². The van der Waals surface area contributed by atoms with Crippen molar-refractivity contribution in [3.8, 4) is 0 Å². The van der Waals surface area contributed by atoms with Gasteiger partial charge in [-0.25, -0.2) is 0 Å². The molecule has 0 bridgehead atoms. The lowest BCUT2D eigenvalue weighted by molar-refractivity contribution is -0.110. The van der Waals surface area contributed by atoms with E-state index in [1.807, 2.05) is 0 Å². The lowest BCUT2D eigenvalue weighted by atomic mass is 9.96. The van der Waals surface area contributed by atoms with Crippen molar-refractivity contribution in [2.24, 2.45) is 5.92 Å². The predicted molar refractivity (Wildman–Crippen MR) is 37.7 cm³/mol. The summed E-state index contributed by atoms with van der Waals surface area (Å²) in [7, 11) is 0. The number of hydrogen-bond acceptors (Lipinski definition) is 3. The predicted octanol–water partition coefficient (Wildman–Crippen LogP) is -0.454. The molecule has 3 nitrogen and oxygen atoms in total. The van der Waals surface area contributed by atoms with E-state index < -0.39 is 0 Å². The first-order valence-corrected chi connectivity index (χ1v) is 3.66. The van der Waals surface area contributed by atoms with Gasteiger partial charge in [0, 0.05) is 13.2 Å². The zero-order chi connectivity index (χ0) is 7.40. The molecular formula is C7H13NO2. The van der Waals surface area contributed by atoms with Crippen LogP contribution in [0.4, 0.5) is 0 Å². The fourth-order valence-corrected chi connectivity index (χ4v) is 1.21. The van der Waals surface area contributed by atoms with Crippen molar-refractivity contribution in [2.45, 2.75) is 18.9 Å². The van der Waals surface area contributed by atoms with Crippen molar-refractivity contribution < 1.29 is 9.90 Å². The second-order valence-corrected chi connectivity index (χ2v) is 2.78.